The number of aliphatic carboxylic acids is 1. The largest absolute Gasteiger partial charge is 0.481 e. The van der Waals surface area contributed by atoms with Crippen molar-refractivity contribution in [3.05, 3.63) is 29.8 Å². The van der Waals surface area contributed by atoms with Gasteiger partial charge in [-0.2, -0.15) is 0 Å². The summed E-state index contributed by atoms with van der Waals surface area (Å²) >= 11 is 0. The van der Waals surface area contributed by atoms with E-state index in [1.54, 1.807) is 20.8 Å². The number of sulfonamides is 2. The molecule has 0 bridgehead atoms. The van der Waals surface area contributed by atoms with Gasteiger partial charge in [0.15, 0.2) is 0 Å². The van der Waals surface area contributed by atoms with E-state index in [2.05, 4.69) is 0 Å². The summed E-state index contributed by atoms with van der Waals surface area (Å²) in [6.45, 7) is 4.17. The summed E-state index contributed by atoms with van der Waals surface area (Å²) in [5.41, 5.74) is -0.876. The highest BCUT2D eigenvalue weighted by molar-refractivity contribution is 8.03. The maximum absolute atomic E-state index is 12.7. The van der Waals surface area contributed by atoms with Gasteiger partial charge in [0.05, 0.1) is 23.1 Å². The first kappa shape index (κ1) is 22.1. The second-order valence-corrected chi connectivity index (χ2v) is 10.4. The number of carboxylic acid groups (broad SMARTS) is 1. The van der Waals surface area contributed by atoms with Gasteiger partial charge in [-0.25, -0.2) is 21.6 Å². The second-order valence-electron chi connectivity index (χ2n) is 6.44. The third-order valence-corrected chi connectivity index (χ3v) is 6.80. The first-order chi connectivity index (χ1) is 11.6. The van der Waals surface area contributed by atoms with Gasteiger partial charge in [-0.1, -0.05) is 9.78 Å². The SMILES string of the molecule is CC(C)(C)OC(=O)c1cccc(S(=O)(=O)N(CCC(=O)O)S(C)(=O)=O)c1. The van der Waals surface area contributed by atoms with E-state index in [-0.39, 0.29) is 9.27 Å². The lowest BCUT2D eigenvalue weighted by molar-refractivity contribution is -0.136. The van der Waals surface area contributed by atoms with Gasteiger partial charge >= 0.3 is 11.9 Å². The molecule has 0 radical (unpaired) electrons. The van der Waals surface area contributed by atoms with Gasteiger partial charge in [-0.3, -0.25) is 4.79 Å². The molecule has 0 amide bonds. The minimum atomic E-state index is -4.58. The summed E-state index contributed by atoms with van der Waals surface area (Å²) in [5, 5.41) is 8.71. The molecule has 26 heavy (non-hydrogen) atoms. The minimum Gasteiger partial charge on any atom is -0.481 e. The second kappa shape index (κ2) is 7.72. The molecule has 0 atom stereocenters. The van der Waals surface area contributed by atoms with Crippen LogP contribution in [-0.2, 0) is 29.6 Å². The first-order valence-electron chi connectivity index (χ1n) is 7.43. The fraction of sp³-hybridized carbons (Fsp3) is 0.467. The van der Waals surface area contributed by atoms with Crippen LogP contribution in [0, 0.1) is 0 Å². The summed E-state index contributed by atoms with van der Waals surface area (Å²) in [7, 11) is -8.84. The molecule has 0 saturated carbocycles. The molecule has 1 N–H and O–H groups in total. The van der Waals surface area contributed by atoms with Crippen molar-refractivity contribution in [2.45, 2.75) is 37.7 Å². The molecule has 0 aliphatic heterocycles. The predicted molar refractivity (Wildman–Crippen MR) is 92.6 cm³/mol. The number of carboxylic acids is 1. The van der Waals surface area contributed by atoms with E-state index in [9.17, 15) is 26.4 Å². The van der Waals surface area contributed by atoms with E-state index < -0.39 is 55.4 Å². The van der Waals surface area contributed by atoms with Gasteiger partial charge in [-0.05, 0) is 39.0 Å². The summed E-state index contributed by atoms with van der Waals surface area (Å²) in [4.78, 5) is 22.3. The van der Waals surface area contributed by atoms with Crippen molar-refractivity contribution in [2.24, 2.45) is 0 Å². The monoisotopic (exact) mass is 407 g/mol. The third-order valence-electron chi connectivity index (χ3n) is 2.91. The smallest absolute Gasteiger partial charge is 0.338 e. The number of carbonyl (C=O) groups excluding carboxylic acids is 1. The fourth-order valence-electron chi connectivity index (χ4n) is 1.89. The van der Waals surface area contributed by atoms with Crippen LogP contribution in [0.25, 0.3) is 0 Å². The molecule has 1 aromatic rings. The zero-order chi connectivity index (χ0) is 20.3. The van der Waals surface area contributed by atoms with E-state index in [4.69, 9.17) is 9.84 Å². The van der Waals surface area contributed by atoms with E-state index in [1.807, 2.05) is 0 Å². The lowest BCUT2D eigenvalue weighted by Crippen LogP contribution is -2.37. The number of nitrogens with zero attached hydrogens (tertiary/aromatic N) is 1. The van der Waals surface area contributed by atoms with Gasteiger partial charge in [0.2, 0.25) is 10.0 Å². The molecule has 0 spiro atoms. The molecule has 0 aliphatic carbocycles. The Bertz CT molecular complexity index is 898. The number of esters is 1. The van der Waals surface area contributed by atoms with E-state index in [0.29, 0.717) is 6.26 Å². The summed E-state index contributed by atoms with van der Waals surface area (Å²) in [6, 6.07) is 4.70. The number of rotatable bonds is 7. The van der Waals surface area contributed by atoms with Crippen LogP contribution in [0.4, 0.5) is 0 Å². The Morgan fingerprint density at radius 2 is 1.73 bits per heavy atom. The molecule has 11 heteroatoms. The van der Waals surface area contributed by atoms with Crippen LogP contribution in [0.1, 0.15) is 37.6 Å². The van der Waals surface area contributed by atoms with Crippen LogP contribution in [0.2, 0.25) is 0 Å². The third kappa shape index (κ3) is 6.07. The zero-order valence-corrected chi connectivity index (χ0v) is 16.4. The standard InChI is InChI=1S/C15H21NO8S2/c1-15(2,3)24-14(19)11-6-5-7-12(10-11)26(22,23)16(25(4,20)21)9-8-13(17)18/h5-7,10H,8-9H2,1-4H3,(H,17,18). The average Bonchev–Trinajstić information content (AvgIpc) is 2.43. The molecule has 1 aromatic carbocycles. The molecular weight excluding hydrogens is 386 g/mol. The van der Waals surface area contributed by atoms with Gasteiger partial charge in [0.25, 0.3) is 10.0 Å². The number of ether oxygens (including phenoxy) is 1. The Labute approximate surface area is 152 Å². The Hall–Kier alpha value is -1.98. The van der Waals surface area contributed by atoms with E-state index in [1.165, 1.54) is 12.1 Å². The van der Waals surface area contributed by atoms with Crippen molar-refractivity contribution >= 4 is 32.0 Å². The quantitative estimate of drug-likeness (QED) is 0.663. The molecule has 0 fully saturated rings. The van der Waals surface area contributed by atoms with Crippen molar-refractivity contribution in [3.63, 3.8) is 0 Å². The predicted octanol–water partition coefficient (Wildman–Crippen LogP) is 1.07. The molecule has 0 saturated heterocycles. The van der Waals surface area contributed by atoms with Crippen LogP contribution in [0.3, 0.4) is 0 Å². The summed E-state index contributed by atoms with van der Waals surface area (Å²) in [6.07, 6.45) is -0.0395. The Balaban J connectivity index is 3.32. The van der Waals surface area contributed by atoms with Gasteiger partial charge in [0.1, 0.15) is 5.60 Å². The molecule has 0 aromatic heterocycles. The Morgan fingerprint density at radius 3 is 2.19 bits per heavy atom. The average molecular weight is 407 g/mol. The summed E-state index contributed by atoms with van der Waals surface area (Å²) < 4.78 is 54.2. The number of hydrogen-bond acceptors (Lipinski definition) is 7. The van der Waals surface area contributed by atoms with Crippen LogP contribution in [-0.4, -0.2) is 56.0 Å². The van der Waals surface area contributed by atoms with Crippen molar-refractivity contribution in [3.8, 4) is 0 Å². The molecule has 0 heterocycles. The molecule has 0 aliphatic rings. The van der Waals surface area contributed by atoms with Crippen molar-refractivity contribution < 1.29 is 36.3 Å². The molecule has 0 unspecified atom stereocenters. The molecule has 9 nitrogen and oxygen atoms in total. The number of benzene rings is 1. The van der Waals surface area contributed by atoms with Crippen LogP contribution < -0.4 is 0 Å². The van der Waals surface area contributed by atoms with Crippen molar-refractivity contribution in [1.29, 1.82) is 0 Å². The highest BCUT2D eigenvalue weighted by Crippen LogP contribution is 2.21. The maximum atomic E-state index is 12.7. The van der Waals surface area contributed by atoms with Crippen LogP contribution in [0.15, 0.2) is 29.2 Å². The van der Waals surface area contributed by atoms with Gasteiger partial charge in [-0.15, -0.1) is 0 Å². The maximum Gasteiger partial charge on any atom is 0.338 e. The Kier molecular flexibility index (Phi) is 6.55. The van der Waals surface area contributed by atoms with E-state index >= 15 is 0 Å². The summed E-state index contributed by atoms with van der Waals surface area (Å²) in [5.74, 6) is -2.12. The lowest BCUT2D eigenvalue weighted by Gasteiger charge is -2.21. The zero-order valence-electron chi connectivity index (χ0n) is 14.8. The number of carbonyl (C=O) groups is 2. The minimum absolute atomic E-state index is 0.0762. The van der Waals surface area contributed by atoms with E-state index in [0.717, 1.165) is 12.1 Å². The van der Waals surface area contributed by atoms with Gasteiger partial charge < -0.3 is 9.84 Å². The van der Waals surface area contributed by atoms with Crippen molar-refractivity contribution in [1.82, 2.24) is 3.71 Å². The molecular formula is C15H21NO8S2. The first-order valence-corrected chi connectivity index (χ1v) is 10.7. The highest BCUT2D eigenvalue weighted by Gasteiger charge is 2.33. The fourth-order valence-corrected chi connectivity index (χ4v) is 5.09. The molecule has 146 valence electrons. The van der Waals surface area contributed by atoms with Crippen LogP contribution in [0.5, 0.6) is 0 Å². The number of hydrogen-bond donors (Lipinski definition) is 1. The Morgan fingerprint density at radius 1 is 1.15 bits per heavy atom. The topological polar surface area (TPSA) is 135 Å². The van der Waals surface area contributed by atoms with Gasteiger partial charge in [0, 0.05) is 6.54 Å². The normalized spacial score (nSPS) is 12.8. The highest BCUT2D eigenvalue weighted by atomic mass is 32.3. The van der Waals surface area contributed by atoms with Crippen LogP contribution >= 0.6 is 0 Å². The molecule has 1 rings (SSSR count). The van der Waals surface area contributed by atoms with Crippen molar-refractivity contribution in [2.75, 3.05) is 12.8 Å². The lowest BCUT2D eigenvalue weighted by atomic mass is 10.2.